The predicted molar refractivity (Wildman–Crippen MR) is 115 cm³/mol. The van der Waals surface area contributed by atoms with Crippen molar-refractivity contribution in [2.45, 2.75) is 56.4 Å². The third-order valence-electron chi connectivity index (χ3n) is 7.61. The van der Waals surface area contributed by atoms with Gasteiger partial charge in [-0.25, -0.2) is 0 Å². The van der Waals surface area contributed by atoms with E-state index in [1.54, 1.807) is 11.8 Å². The minimum atomic E-state index is -0.353. The van der Waals surface area contributed by atoms with E-state index >= 15 is 0 Å². The molecule has 1 saturated heterocycles. The molecule has 3 nitrogen and oxygen atoms in total. The van der Waals surface area contributed by atoms with Crippen LogP contribution in [0.3, 0.4) is 0 Å². The average Bonchev–Trinajstić information content (AvgIpc) is 3.14. The van der Waals surface area contributed by atoms with E-state index in [2.05, 4.69) is 43.5 Å². The van der Waals surface area contributed by atoms with Gasteiger partial charge in [-0.2, -0.15) is 0 Å². The lowest BCUT2D eigenvalue weighted by Gasteiger charge is -2.48. The van der Waals surface area contributed by atoms with Crippen LogP contribution in [0.15, 0.2) is 52.0 Å². The Hall–Kier alpha value is -1.65. The number of Topliss-reactive ketones (excluding diaryl/α,β-unsaturated/α-hetero) is 2. The second-order valence-corrected chi connectivity index (χ2v) is 10.1. The molecule has 1 heterocycles. The molecule has 1 aromatic carbocycles. The fourth-order valence-corrected chi connectivity index (χ4v) is 6.33. The Kier molecular flexibility index (Phi) is 4.83. The minimum Gasteiger partial charge on any atom is -0.373 e. The molecule has 0 N–H and O–H groups in total. The molecule has 0 radical (unpaired) electrons. The van der Waals surface area contributed by atoms with E-state index < -0.39 is 0 Å². The second-order valence-electron chi connectivity index (χ2n) is 9.20. The first-order chi connectivity index (χ1) is 14.0. The van der Waals surface area contributed by atoms with Gasteiger partial charge in [0, 0.05) is 34.3 Å². The molecule has 1 fully saturated rings. The third kappa shape index (κ3) is 3.07. The number of hydrogen-bond donors (Lipinski definition) is 0. The third-order valence-corrected chi connectivity index (χ3v) is 8.35. The quantitative estimate of drug-likeness (QED) is 0.610. The number of carbonyl (C=O) groups excluding carboxylic acids is 2. The summed E-state index contributed by atoms with van der Waals surface area (Å²) in [5.74, 6) is 0.925. The standard InChI is InChI=1S/C25H28O3S/c1-25-14-28-22(16-6-9-18(29-2)10-7-16)13-17(25)12-21(27)23-19-5-3-4-15(19)8-11-20(26)24(23)25/h5-7,9-10,15,17,22H,3-4,8,11-14H2,1-2H3. The summed E-state index contributed by atoms with van der Waals surface area (Å²) in [4.78, 5) is 27.7. The van der Waals surface area contributed by atoms with Crippen LogP contribution in [0.25, 0.3) is 0 Å². The molecule has 3 aliphatic carbocycles. The van der Waals surface area contributed by atoms with Crippen molar-refractivity contribution in [2.75, 3.05) is 12.9 Å². The van der Waals surface area contributed by atoms with Crippen molar-refractivity contribution in [1.29, 1.82) is 0 Å². The van der Waals surface area contributed by atoms with E-state index in [-0.39, 0.29) is 29.0 Å². The predicted octanol–water partition coefficient (Wildman–Crippen LogP) is 5.46. The van der Waals surface area contributed by atoms with Crippen LogP contribution >= 0.6 is 11.8 Å². The number of thioether (sulfide) groups is 1. The molecular weight excluding hydrogens is 380 g/mol. The number of rotatable bonds is 2. The summed E-state index contributed by atoms with van der Waals surface area (Å²) in [5.41, 5.74) is 3.56. The van der Waals surface area contributed by atoms with E-state index in [0.29, 0.717) is 25.4 Å². The van der Waals surface area contributed by atoms with Crippen LogP contribution in [0, 0.1) is 17.3 Å². The molecule has 4 unspecified atom stereocenters. The van der Waals surface area contributed by atoms with Gasteiger partial charge in [0.05, 0.1) is 12.7 Å². The Labute approximate surface area is 177 Å². The maximum absolute atomic E-state index is 13.3. The van der Waals surface area contributed by atoms with Crippen molar-refractivity contribution in [3.05, 3.63) is 52.6 Å². The molecule has 4 heteroatoms. The highest BCUT2D eigenvalue weighted by Crippen LogP contribution is 2.55. The molecule has 1 aliphatic heterocycles. The molecule has 0 saturated carbocycles. The fraction of sp³-hybridized carbons (Fsp3) is 0.520. The Morgan fingerprint density at radius 3 is 2.66 bits per heavy atom. The molecule has 4 atom stereocenters. The van der Waals surface area contributed by atoms with Crippen LogP contribution in [0.1, 0.15) is 57.1 Å². The summed E-state index contributed by atoms with van der Waals surface area (Å²) in [7, 11) is 0. The smallest absolute Gasteiger partial charge is 0.163 e. The van der Waals surface area contributed by atoms with Gasteiger partial charge in [-0.1, -0.05) is 25.1 Å². The van der Waals surface area contributed by atoms with E-state index in [9.17, 15) is 9.59 Å². The largest absolute Gasteiger partial charge is 0.373 e. The first-order valence-electron chi connectivity index (χ1n) is 10.8. The van der Waals surface area contributed by atoms with Gasteiger partial charge >= 0.3 is 0 Å². The summed E-state index contributed by atoms with van der Waals surface area (Å²) < 4.78 is 6.37. The van der Waals surface area contributed by atoms with Crippen molar-refractivity contribution < 1.29 is 14.3 Å². The molecule has 0 spiro atoms. The molecule has 0 aromatic heterocycles. The van der Waals surface area contributed by atoms with Gasteiger partial charge in [-0.15, -0.1) is 11.8 Å². The van der Waals surface area contributed by atoms with Crippen LogP contribution in [-0.2, 0) is 14.3 Å². The number of ether oxygens (including phenoxy) is 1. The molecule has 1 aromatic rings. The van der Waals surface area contributed by atoms with Gasteiger partial charge in [-0.3, -0.25) is 9.59 Å². The van der Waals surface area contributed by atoms with E-state index in [4.69, 9.17) is 4.74 Å². The maximum atomic E-state index is 13.3. The van der Waals surface area contributed by atoms with Crippen LogP contribution in [0.5, 0.6) is 0 Å². The second kappa shape index (κ2) is 7.24. The number of hydrogen-bond acceptors (Lipinski definition) is 4. The SMILES string of the molecule is CSc1ccc(C2CC3CC(=O)C4=C(C(=O)CCC5CCC=C45)C3(C)CO2)cc1. The monoisotopic (exact) mass is 408 g/mol. The normalized spacial score (nSPS) is 34.3. The van der Waals surface area contributed by atoms with E-state index in [1.807, 2.05) is 0 Å². The highest BCUT2D eigenvalue weighted by molar-refractivity contribution is 7.98. The zero-order chi connectivity index (χ0) is 20.2. The Morgan fingerprint density at radius 2 is 1.90 bits per heavy atom. The molecule has 5 rings (SSSR count). The van der Waals surface area contributed by atoms with Crippen LogP contribution in [0.2, 0.25) is 0 Å². The van der Waals surface area contributed by atoms with Gasteiger partial charge in [0.25, 0.3) is 0 Å². The van der Waals surface area contributed by atoms with Gasteiger partial charge in [-0.05, 0) is 67.0 Å². The molecule has 0 amide bonds. The zero-order valence-corrected chi connectivity index (χ0v) is 18.0. The highest BCUT2D eigenvalue weighted by atomic mass is 32.2. The number of fused-ring (bicyclic) bond motifs is 4. The van der Waals surface area contributed by atoms with E-state index in [1.165, 1.54) is 16.0 Å². The summed E-state index contributed by atoms with van der Waals surface area (Å²) in [6, 6.07) is 8.54. The maximum Gasteiger partial charge on any atom is 0.163 e. The lowest BCUT2D eigenvalue weighted by atomic mass is 9.59. The summed E-state index contributed by atoms with van der Waals surface area (Å²) >= 11 is 1.73. The van der Waals surface area contributed by atoms with Crippen molar-refractivity contribution in [3.8, 4) is 0 Å². The van der Waals surface area contributed by atoms with Crippen molar-refractivity contribution in [2.24, 2.45) is 17.3 Å². The molecular formula is C25H28O3S. The molecule has 29 heavy (non-hydrogen) atoms. The summed E-state index contributed by atoms with van der Waals surface area (Å²) in [6.45, 7) is 2.68. The van der Waals surface area contributed by atoms with Crippen LogP contribution in [0.4, 0.5) is 0 Å². The van der Waals surface area contributed by atoms with Crippen LogP contribution < -0.4 is 0 Å². The Balaban J connectivity index is 1.50. The van der Waals surface area contributed by atoms with Gasteiger partial charge in [0.2, 0.25) is 0 Å². The first-order valence-corrected chi connectivity index (χ1v) is 12.0. The van der Waals surface area contributed by atoms with Gasteiger partial charge in [0.15, 0.2) is 11.6 Å². The van der Waals surface area contributed by atoms with E-state index in [0.717, 1.165) is 36.8 Å². The molecule has 152 valence electrons. The number of allylic oxidation sites excluding steroid dienone is 3. The Bertz CT molecular complexity index is 926. The number of ketones is 2. The van der Waals surface area contributed by atoms with Crippen molar-refractivity contribution in [3.63, 3.8) is 0 Å². The fourth-order valence-electron chi connectivity index (χ4n) is 5.93. The van der Waals surface area contributed by atoms with Gasteiger partial charge < -0.3 is 4.74 Å². The number of carbonyl (C=O) groups is 2. The molecule has 4 aliphatic rings. The van der Waals surface area contributed by atoms with Crippen molar-refractivity contribution >= 4 is 23.3 Å². The summed E-state index contributed by atoms with van der Waals surface area (Å²) in [5, 5.41) is 0. The van der Waals surface area contributed by atoms with Gasteiger partial charge in [0.1, 0.15) is 0 Å². The Morgan fingerprint density at radius 1 is 1.10 bits per heavy atom. The first kappa shape index (κ1) is 19.3. The minimum absolute atomic E-state index is 0.00161. The van der Waals surface area contributed by atoms with Crippen LogP contribution in [-0.4, -0.2) is 24.4 Å². The lowest BCUT2D eigenvalue weighted by Crippen LogP contribution is -2.47. The topological polar surface area (TPSA) is 43.4 Å². The summed E-state index contributed by atoms with van der Waals surface area (Å²) in [6.07, 6.45) is 9.19. The molecule has 0 bridgehead atoms. The highest BCUT2D eigenvalue weighted by Gasteiger charge is 2.53. The lowest BCUT2D eigenvalue weighted by molar-refractivity contribution is -0.131. The average molecular weight is 409 g/mol. The number of benzene rings is 1. The zero-order valence-electron chi connectivity index (χ0n) is 17.2. The van der Waals surface area contributed by atoms with Crippen molar-refractivity contribution in [1.82, 2.24) is 0 Å².